The molecule has 1 aliphatic rings. The first kappa shape index (κ1) is 13.5. The van der Waals surface area contributed by atoms with Gasteiger partial charge in [-0.25, -0.2) is 4.79 Å². The summed E-state index contributed by atoms with van der Waals surface area (Å²) in [4.78, 5) is 27.8. The molecule has 0 saturated carbocycles. The summed E-state index contributed by atoms with van der Waals surface area (Å²) in [6.45, 7) is 1.95. The van der Waals surface area contributed by atoms with E-state index < -0.39 is 12.0 Å². The number of carbonyl (C=O) groups is 2. The van der Waals surface area contributed by atoms with Gasteiger partial charge in [0.05, 0.1) is 5.37 Å². The number of H-pyrrole nitrogens is 1. The van der Waals surface area contributed by atoms with Gasteiger partial charge in [-0.1, -0.05) is 6.92 Å². The summed E-state index contributed by atoms with van der Waals surface area (Å²) in [5.74, 6) is -0.760. The molecule has 2 heterocycles. The number of thioether (sulfide) groups is 1. The number of hydrogen-bond donors (Lipinski definition) is 2. The Morgan fingerprint density at radius 2 is 2.39 bits per heavy atom. The van der Waals surface area contributed by atoms with Crippen molar-refractivity contribution in [2.45, 2.75) is 24.8 Å². The topological polar surface area (TPSA) is 73.4 Å². The Labute approximate surface area is 117 Å². The van der Waals surface area contributed by atoms with Crippen LogP contribution in [0, 0.1) is 0 Å². The summed E-state index contributed by atoms with van der Waals surface area (Å²) in [6, 6.07) is 0.922. The molecule has 2 N–H and O–H groups in total. The van der Waals surface area contributed by atoms with Gasteiger partial charge in [0.25, 0.3) is 5.91 Å². The molecule has 18 heavy (non-hydrogen) atoms. The molecule has 0 spiro atoms. The van der Waals surface area contributed by atoms with E-state index in [0.29, 0.717) is 11.4 Å². The van der Waals surface area contributed by atoms with Crippen LogP contribution in [0.3, 0.4) is 0 Å². The van der Waals surface area contributed by atoms with E-state index >= 15 is 0 Å². The van der Waals surface area contributed by atoms with Crippen LogP contribution < -0.4 is 0 Å². The van der Waals surface area contributed by atoms with Crippen molar-refractivity contribution in [3.63, 3.8) is 0 Å². The third-order valence-corrected chi connectivity index (χ3v) is 4.75. The van der Waals surface area contributed by atoms with Crippen molar-refractivity contribution in [3.05, 3.63) is 22.4 Å². The lowest BCUT2D eigenvalue weighted by Gasteiger charge is -2.26. The lowest BCUT2D eigenvalue weighted by molar-refractivity contribution is -0.141. The molecule has 2 atom stereocenters. The van der Waals surface area contributed by atoms with Gasteiger partial charge in [-0.3, -0.25) is 4.79 Å². The highest BCUT2D eigenvalue weighted by atomic mass is 79.9. The summed E-state index contributed by atoms with van der Waals surface area (Å²) in [7, 11) is 0. The van der Waals surface area contributed by atoms with Crippen molar-refractivity contribution in [1.82, 2.24) is 9.88 Å². The number of rotatable bonds is 3. The lowest BCUT2D eigenvalue weighted by Crippen LogP contribution is -2.45. The highest BCUT2D eigenvalue weighted by Gasteiger charge is 2.41. The summed E-state index contributed by atoms with van der Waals surface area (Å²) in [5, 5.41) is 9.10. The standard InChI is InChI=1S/C11H13BrN2O3S/c1-2-9-14(8(5-18-9)11(16)17)10(15)7-3-6(12)4-13-7/h3-4,8-9,13H,2,5H2,1H3,(H,16,17). The molecule has 2 unspecified atom stereocenters. The number of halogens is 1. The molecule has 0 radical (unpaired) electrons. The molecule has 1 saturated heterocycles. The minimum Gasteiger partial charge on any atom is -0.480 e. The van der Waals surface area contributed by atoms with Crippen LogP contribution >= 0.6 is 27.7 Å². The van der Waals surface area contributed by atoms with Crippen LogP contribution in [0.25, 0.3) is 0 Å². The van der Waals surface area contributed by atoms with Gasteiger partial charge in [0, 0.05) is 16.4 Å². The van der Waals surface area contributed by atoms with E-state index in [1.807, 2.05) is 6.92 Å². The van der Waals surface area contributed by atoms with Gasteiger partial charge in [0.2, 0.25) is 0 Å². The third-order valence-electron chi connectivity index (χ3n) is 2.84. The highest BCUT2D eigenvalue weighted by Crippen LogP contribution is 2.32. The molecular weight excluding hydrogens is 320 g/mol. The first-order valence-corrected chi connectivity index (χ1v) is 7.39. The number of carboxylic acids is 1. The zero-order valence-corrected chi connectivity index (χ0v) is 12.1. The third kappa shape index (κ3) is 2.42. The van der Waals surface area contributed by atoms with E-state index in [4.69, 9.17) is 0 Å². The predicted molar refractivity (Wildman–Crippen MR) is 72.6 cm³/mol. The van der Waals surface area contributed by atoms with Gasteiger partial charge in [0.1, 0.15) is 11.7 Å². The average molecular weight is 333 g/mol. The fraction of sp³-hybridized carbons (Fsp3) is 0.455. The number of hydrogen-bond acceptors (Lipinski definition) is 3. The molecule has 1 aromatic heterocycles. The van der Waals surface area contributed by atoms with Crippen molar-refractivity contribution < 1.29 is 14.7 Å². The molecular formula is C11H13BrN2O3S. The van der Waals surface area contributed by atoms with E-state index in [1.54, 1.807) is 12.3 Å². The smallest absolute Gasteiger partial charge is 0.327 e. The van der Waals surface area contributed by atoms with Crippen molar-refractivity contribution in [2.24, 2.45) is 0 Å². The Hall–Kier alpha value is -0.950. The van der Waals surface area contributed by atoms with E-state index in [9.17, 15) is 14.7 Å². The molecule has 2 rings (SSSR count). The van der Waals surface area contributed by atoms with Gasteiger partial charge in [-0.2, -0.15) is 0 Å². The maximum Gasteiger partial charge on any atom is 0.327 e. The minimum atomic E-state index is -0.947. The summed E-state index contributed by atoms with van der Waals surface area (Å²) < 4.78 is 0.776. The lowest BCUT2D eigenvalue weighted by atomic mass is 10.2. The largest absolute Gasteiger partial charge is 0.480 e. The van der Waals surface area contributed by atoms with Crippen LogP contribution in [-0.2, 0) is 4.79 Å². The molecule has 0 aliphatic carbocycles. The van der Waals surface area contributed by atoms with Crippen LogP contribution in [0.1, 0.15) is 23.8 Å². The SMILES string of the molecule is CCC1SCC(C(=O)O)N1C(=O)c1cc(Br)c[nH]1. The molecule has 0 aromatic carbocycles. The Balaban J connectivity index is 2.27. The molecule has 1 fully saturated rings. The van der Waals surface area contributed by atoms with E-state index in [-0.39, 0.29) is 11.3 Å². The van der Waals surface area contributed by atoms with Crippen molar-refractivity contribution in [3.8, 4) is 0 Å². The number of amides is 1. The molecule has 0 bridgehead atoms. The van der Waals surface area contributed by atoms with Gasteiger partial charge in [-0.15, -0.1) is 11.8 Å². The Morgan fingerprint density at radius 3 is 2.89 bits per heavy atom. The number of aliphatic carboxylic acids is 1. The number of aromatic nitrogens is 1. The fourth-order valence-electron chi connectivity index (χ4n) is 1.97. The minimum absolute atomic E-state index is 0.0688. The zero-order valence-electron chi connectivity index (χ0n) is 9.72. The normalized spacial score (nSPS) is 23.3. The van der Waals surface area contributed by atoms with Crippen LogP contribution in [0.2, 0.25) is 0 Å². The number of aromatic amines is 1. The Bertz CT molecular complexity index is 477. The van der Waals surface area contributed by atoms with Crippen LogP contribution in [0.15, 0.2) is 16.7 Å². The second-order valence-corrected chi connectivity index (χ2v) is 6.12. The summed E-state index contributed by atoms with van der Waals surface area (Å²) >= 11 is 4.78. The second-order valence-electron chi connectivity index (χ2n) is 3.99. The number of nitrogens with zero attached hydrogens (tertiary/aromatic N) is 1. The zero-order chi connectivity index (χ0) is 13.3. The van der Waals surface area contributed by atoms with Gasteiger partial charge in [-0.05, 0) is 28.4 Å². The molecule has 1 aliphatic heterocycles. The van der Waals surface area contributed by atoms with Crippen LogP contribution in [0.5, 0.6) is 0 Å². The van der Waals surface area contributed by atoms with Crippen molar-refractivity contribution >= 4 is 39.6 Å². The summed E-state index contributed by atoms with van der Waals surface area (Å²) in [5.41, 5.74) is 0.411. The number of nitrogens with one attached hydrogen (secondary N) is 1. The van der Waals surface area contributed by atoms with E-state index in [1.165, 1.54) is 16.7 Å². The Morgan fingerprint density at radius 1 is 1.67 bits per heavy atom. The van der Waals surface area contributed by atoms with Crippen LogP contribution in [-0.4, -0.2) is 44.0 Å². The molecule has 1 amide bonds. The van der Waals surface area contributed by atoms with Crippen molar-refractivity contribution in [2.75, 3.05) is 5.75 Å². The monoisotopic (exact) mass is 332 g/mol. The van der Waals surface area contributed by atoms with Gasteiger partial charge in [0.15, 0.2) is 0 Å². The maximum absolute atomic E-state index is 12.3. The first-order valence-electron chi connectivity index (χ1n) is 5.55. The summed E-state index contributed by atoms with van der Waals surface area (Å²) in [6.07, 6.45) is 2.40. The second kappa shape index (κ2) is 5.36. The Kier molecular flexibility index (Phi) is 4.01. The van der Waals surface area contributed by atoms with E-state index in [0.717, 1.165) is 10.9 Å². The number of carbonyl (C=O) groups excluding carboxylic acids is 1. The van der Waals surface area contributed by atoms with Crippen molar-refractivity contribution in [1.29, 1.82) is 0 Å². The first-order chi connectivity index (χ1) is 8.54. The average Bonchev–Trinajstić information content (AvgIpc) is 2.93. The number of carboxylic acid groups (broad SMARTS) is 1. The quantitative estimate of drug-likeness (QED) is 0.889. The maximum atomic E-state index is 12.3. The molecule has 7 heteroatoms. The molecule has 1 aromatic rings. The predicted octanol–water partition coefficient (Wildman–Crippen LogP) is 2.16. The molecule has 98 valence electrons. The van der Waals surface area contributed by atoms with Gasteiger partial charge < -0.3 is 15.0 Å². The fourth-order valence-corrected chi connectivity index (χ4v) is 3.66. The van der Waals surface area contributed by atoms with E-state index in [2.05, 4.69) is 20.9 Å². The molecule has 5 nitrogen and oxygen atoms in total. The van der Waals surface area contributed by atoms with Gasteiger partial charge >= 0.3 is 5.97 Å². The van der Waals surface area contributed by atoms with Crippen LogP contribution in [0.4, 0.5) is 0 Å². The highest BCUT2D eigenvalue weighted by molar-refractivity contribution is 9.10.